The van der Waals surface area contributed by atoms with Crippen molar-refractivity contribution in [2.75, 3.05) is 0 Å². The lowest BCUT2D eigenvalue weighted by atomic mass is 9.66. The van der Waals surface area contributed by atoms with Crippen LogP contribution in [0, 0.1) is 21.7 Å². The Morgan fingerprint density at radius 3 is 1.07 bits per heavy atom. The zero-order valence-corrected chi connectivity index (χ0v) is 28.8. The fraction of sp³-hybridized carbons (Fsp3) is 0.500. The molecule has 4 unspecified atom stereocenters. The summed E-state index contributed by atoms with van der Waals surface area (Å²) in [6.45, 7) is 20.2. The Bertz CT molecular complexity index is 1230. The van der Waals surface area contributed by atoms with Gasteiger partial charge in [0.1, 0.15) is 0 Å². The summed E-state index contributed by atoms with van der Waals surface area (Å²) >= 11 is 0. The van der Waals surface area contributed by atoms with E-state index in [1.165, 1.54) is 0 Å². The van der Waals surface area contributed by atoms with E-state index in [1.54, 1.807) is 12.2 Å². The molecule has 2 aliphatic carbocycles. The van der Waals surface area contributed by atoms with Gasteiger partial charge in [-0.15, -0.1) is 0 Å². The Balaban J connectivity index is 1.87. The van der Waals surface area contributed by atoms with E-state index in [9.17, 15) is 19.8 Å². The number of carbonyl (C=O) groups excluding carboxylic acids is 2. The molecule has 2 aliphatic rings. The first-order valence-electron chi connectivity index (χ1n) is 15.9. The van der Waals surface area contributed by atoms with Crippen molar-refractivity contribution < 1.29 is 19.8 Å². The second-order valence-electron chi connectivity index (χ2n) is 14.7. The normalized spacial score (nSPS) is 30.3. The summed E-state index contributed by atoms with van der Waals surface area (Å²) in [6, 6.07) is 0. The average molecular weight is 601 g/mol. The molecule has 2 saturated carbocycles. The highest BCUT2D eigenvalue weighted by Gasteiger charge is 2.53. The monoisotopic (exact) mass is 600 g/mol. The van der Waals surface area contributed by atoms with E-state index in [0.717, 1.165) is 22.3 Å². The molecule has 4 nitrogen and oxygen atoms in total. The summed E-state index contributed by atoms with van der Waals surface area (Å²) in [6.07, 6.45) is 28.6. The predicted octanol–water partition coefficient (Wildman–Crippen LogP) is 9.07. The fourth-order valence-corrected chi connectivity index (χ4v) is 6.26. The maximum absolute atomic E-state index is 12.9. The van der Waals surface area contributed by atoms with Gasteiger partial charge in [-0.1, -0.05) is 137 Å². The lowest BCUT2D eigenvalue weighted by Gasteiger charge is -2.35. The molecule has 2 fully saturated rings. The van der Waals surface area contributed by atoms with Gasteiger partial charge in [0.05, 0.1) is 12.2 Å². The van der Waals surface area contributed by atoms with Crippen LogP contribution in [0.25, 0.3) is 0 Å². The van der Waals surface area contributed by atoms with Crippen molar-refractivity contribution in [1.29, 1.82) is 0 Å². The van der Waals surface area contributed by atoms with E-state index >= 15 is 0 Å². The Labute approximate surface area is 267 Å². The molecule has 0 aromatic rings. The molecule has 44 heavy (non-hydrogen) atoms. The number of aliphatic hydroxyl groups excluding tert-OH is 2. The van der Waals surface area contributed by atoms with Crippen LogP contribution in [0.1, 0.15) is 94.9 Å². The number of allylic oxidation sites excluding steroid dienone is 18. The number of rotatable bonds is 12. The molecule has 2 N–H and O–H groups in total. The van der Waals surface area contributed by atoms with Gasteiger partial charge in [-0.3, -0.25) is 9.59 Å². The molecular formula is C40H56O4. The van der Waals surface area contributed by atoms with Crippen LogP contribution >= 0.6 is 0 Å². The number of aliphatic hydroxyl groups is 2. The van der Waals surface area contributed by atoms with Gasteiger partial charge < -0.3 is 10.2 Å². The van der Waals surface area contributed by atoms with Crippen LogP contribution in [0.5, 0.6) is 0 Å². The standard InChI is InChI=1S/C40H56O4/c1-29(17-13-19-31(3)21-23-35(43)39(9)27-33(41)25-37(39,5)6)15-11-12-16-30(2)18-14-20-32(4)22-24-36(44)40(10)28-34(42)26-38(40,7)8/h11-24,33-34,41-42H,25-28H2,1-10H3/b12-11+,17-13+,18-14?,23-21+,24-22?,29-15+,30-16?,31-19+,32-20?. The van der Waals surface area contributed by atoms with E-state index in [2.05, 4.69) is 27.7 Å². The third-order valence-electron chi connectivity index (χ3n) is 10.1. The van der Waals surface area contributed by atoms with Crippen LogP contribution in [0.15, 0.2) is 107 Å². The van der Waals surface area contributed by atoms with E-state index < -0.39 is 23.0 Å². The van der Waals surface area contributed by atoms with Gasteiger partial charge in [0, 0.05) is 10.8 Å². The summed E-state index contributed by atoms with van der Waals surface area (Å²) in [5, 5.41) is 20.2. The number of ketones is 2. The molecule has 0 aliphatic heterocycles. The Kier molecular flexibility index (Phi) is 12.9. The van der Waals surface area contributed by atoms with Crippen molar-refractivity contribution >= 4 is 11.6 Å². The highest BCUT2D eigenvalue weighted by atomic mass is 16.3. The molecular weight excluding hydrogens is 544 g/mol. The van der Waals surface area contributed by atoms with Crippen LogP contribution in [-0.4, -0.2) is 34.0 Å². The largest absolute Gasteiger partial charge is 0.393 e. The first kappa shape index (κ1) is 37.1. The summed E-state index contributed by atoms with van der Waals surface area (Å²) in [5.74, 6) is 0.148. The van der Waals surface area contributed by atoms with Crippen LogP contribution in [0.4, 0.5) is 0 Å². The number of hydrogen-bond donors (Lipinski definition) is 2. The molecule has 0 aromatic carbocycles. The topological polar surface area (TPSA) is 74.6 Å². The Morgan fingerprint density at radius 2 is 0.773 bits per heavy atom. The lowest BCUT2D eigenvalue weighted by Crippen LogP contribution is -2.36. The number of carbonyl (C=O) groups is 2. The molecule has 0 spiro atoms. The van der Waals surface area contributed by atoms with Gasteiger partial charge in [0.2, 0.25) is 0 Å². The summed E-state index contributed by atoms with van der Waals surface area (Å²) in [4.78, 5) is 25.9. The van der Waals surface area contributed by atoms with Crippen molar-refractivity contribution in [1.82, 2.24) is 0 Å². The number of hydrogen-bond acceptors (Lipinski definition) is 4. The minimum absolute atomic E-state index is 0.0742. The molecule has 4 atom stereocenters. The highest BCUT2D eigenvalue weighted by Crippen LogP contribution is 2.54. The fourth-order valence-electron chi connectivity index (χ4n) is 6.26. The van der Waals surface area contributed by atoms with E-state index in [0.29, 0.717) is 25.7 Å². The Morgan fingerprint density at radius 1 is 0.477 bits per heavy atom. The molecule has 0 heterocycles. The van der Waals surface area contributed by atoms with Crippen molar-refractivity contribution in [3.8, 4) is 0 Å². The third kappa shape index (κ3) is 9.71. The predicted molar refractivity (Wildman–Crippen MR) is 185 cm³/mol. The van der Waals surface area contributed by atoms with Gasteiger partial charge >= 0.3 is 0 Å². The van der Waals surface area contributed by atoms with Crippen LogP contribution in [-0.2, 0) is 9.59 Å². The summed E-state index contributed by atoms with van der Waals surface area (Å²) in [7, 11) is 0. The van der Waals surface area contributed by atoms with Gasteiger partial charge in [0.15, 0.2) is 11.6 Å². The van der Waals surface area contributed by atoms with Gasteiger partial charge in [0.25, 0.3) is 0 Å². The smallest absolute Gasteiger partial charge is 0.162 e. The van der Waals surface area contributed by atoms with Crippen LogP contribution in [0.3, 0.4) is 0 Å². The summed E-state index contributed by atoms with van der Waals surface area (Å²) < 4.78 is 0. The third-order valence-corrected chi connectivity index (χ3v) is 10.1. The molecule has 0 amide bonds. The van der Waals surface area contributed by atoms with Crippen LogP contribution in [0.2, 0.25) is 0 Å². The minimum atomic E-state index is -0.542. The highest BCUT2D eigenvalue weighted by molar-refractivity contribution is 5.96. The minimum Gasteiger partial charge on any atom is -0.393 e. The van der Waals surface area contributed by atoms with Crippen molar-refractivity contribution in [2.24, 2.45) is 21.7 Å². The molecule has 0 saturated heterocycles. The summed E-state index contributed by atoms with van der Waals surface area (Å²) in [5.41, 5.74) is 2.65. The van der Waals surface area contributed by atoms with Crippen molar-refractivity contribution in [3.63, 3.8) is 0 Å². The first-order chi connectivity index (χ1) is 20.3. The molecule has 2 rings (SSSR count). The molecule has 0 aromatic heterocycles. The maximum atomic E-state index is 12.9. The second-order valence-corrected chi connectivity index (χ2v) is 14.7. The van der Waals surface area contributed by atoms with Crippen molar-refractivity contribution in [3.05, 3.63) is 107 Å². The van der Waals surface area contributed by atoms with E-state index in [4.69, 9.17) is 0 Å². The molecule has 4 heteroatoms. The van der Waals surface area contributed by atoms with Gasteiger partial charge in [-0.05, 0) is 76.4 Å². The van der Waals surface area contributed by atoms with Gasteiger partial charge in [-0.2, -0.15) is 0 Å². The lowest BCUT2D eigenvalue weighted by molar-refractivity contribution is -0.128. The average Bonchev–Trinajstić information content (AvgIpc) is 3.27. The Hall–Kier alpha value is -3.08. The van der Waals surface area contributed by atoms with E-state index in [-0.39, 0.29) is 22.4 Å². The van der Waals surface area contributed by atoms with E-state index in [1.807, 2.05) is 114 Å². The van der Waals surface area contributed by atoms with Gasteiger partial charge in [-0.25, -0.2) is 0 Å². The quantitative estimate of drug-likeness (QED) is 0.173. The second kappa shape index (κ2) is 15.3. The first-order valence-corrected chi connectivity index (χ1v) is 15.9. The zero-order valence-electron chi connectivity index (χ0n) is 28.8. The van der Waals surface area contributed by atoms with Crippen molar-refractivity contribution in [2.45, 2.75) is 107 Å². The molecule has 240 valence electrons. The maximum Gasteiger partial charge on any atom is 0.162 e. The zero-order chi connectivity index (χ0) is 33.3. The SMILES string of the molecule is CC(C=CC(=O)C1(C)CC(O)CC1(C)C)=CC=CC(C)=C/C=C/C=C(C)/C=C/C=C(C)/C=C/C(=O)C1(C)CC(O)CC1(C)C. The molecule has 0 bridgehead atoms. The van der Waals surface area contributed by atoms with Crippen LogP contribution < -0.4 is 0 Å². The molecule has 0 radical (unpaired) electrons.